The summed E-state index contributed by atoms with van der Waals surface area (Å²) >= 11 is 0. The van der Waals surface area contributed by atoms with E-state index in [0.717, 1.165) is 0 Å². The molecule has 2 rings (SSSR count). The third kappa shape index (κ3) is 2.45. The van der Waals surface area contributed by atoms with Gasteiger partial charge in [-0.25, -0.2) is 4.98 Å². The van der Waals surface area contributed by atoms with Crippen LogP contribution in [-0.4, -0.2) is 25.0 Å². The summed E-state index contributed by atoms with van der Waals surface area (Å²) in [7, 11) is 3.08. The Kier molecular flexibility index (Phi) is 3.96. The Morgan fingerprint density at radius 3 is 2.75 bits per heavy atom. The number of pyridine rings is 1. The number of hydrogen-bond donors (Lipinski definition) is 0. The second-order valence-corrected chi connectivity index (χ2v) is 4.05. The highest BCUT2D eigenvalue weighted by Gasteiger charge is 2.20. The molecule has 5 heteroatoms. The molecule has 2 aromatic rings. The van der Waals surface area contributed by atoms with Crippen LogP contribution in [0.4, 0.5) is 5.69 Å². The number of ether oxygens (including phenoxy) is 1. The van der Waals surface area contributed by atoms with Crippen molar-refractivity contribution in [2.75, 3.05) is 19.1 Å². The van der Waals surface area contributed by atoms with Gasteiger partial charge in [-0.15, -0.1) is 0 Å². The molecule has 0 unspecified atom stereocenters. The van der Waals surface area contributed by atoms with E-state index >= 15 is 0 Å². The quantitative estimate of drug-likeness (QED) is 0.855. The fraction of sp³-hybridized carbons (Fsp3) is 0.133. The molecule has 20 heavy (non-hydrogen) atoms. The van der Waals surface area contributed by atoms with E-state index in [9.17, 15) is 4.79 Å². The number of methoxy groups -OCH3 is 1. The minimum absolute atomic E-state index is 0.263. The van der Waals surface area contributed by atoms with Gasteiger partial charge in [0.1, 0.15) is 11.6 Å². The summed E-state index contributed by atoms with van der Waals surface area (Å²) < 4.78 is 5.09. The summed E-state index contributed by atoms with van der Waals surface area (Å²) in [6.07, 6.45) is 1.55. The van der Waals surface area contributed by atoms with Gasteiger partial charge in [0.25, 0.3) is 5.91 Å². The van der Waals surface area contributed by atoms with Crippen LogP contribution in [0.25, 0.3) is 0 Å². The number of anilines is 1. The van der Waals surface area contributed by atoms with Gasteiger partial charge >= 0.3 is 0 Å². The number of para-hydroxylation sites is 1. The smallest absolute Gasteiger partial charge is 0.263 e. The van der Waals surface area contributed by atoms with Crippen LogP contribution in [0.2, 0.25) is 0 Å². The minimum Gasteiger partial charge on any atom is -0.480 e. The van der Waals surface area contributed by atoms with Gasteiger partial charge in [0.2, 0.25) is 5.88 Å². The van der Waals surface area contributed by atoms with Gasteiger partial charge in [0.15, 0.2) is 0 Å². The first-order valence-corrected chi connectivity index (χ1v) is 5.95. The molecule has 1 amide bonds. The Morgan fingerprint density at radius 1 is 1.30 bits per heavy atom. The Hall–Kier alpha value is -2.87. The van der Waals surface area contributed by atoms with Crippen molar-refractivity contribution in [2.45, 2.75) is 0 Å². The van der Waals surface area contributed by atoms with Crippen LogP contribution in [0.1, 0.15) is 15.9 Å². The summed E-state index contributed by atoms with van der Waals surface area (Å²) in [5, 5.41) is 9.10. The normalized spacial score (nSPS) is 9.65. The fourth-order valence-corrected chi connectivity index (χ4v) is 1.87. The average molecular weight is 267 g/mol. The molecular formula is C15H13N3O2. The van der Waals surface area contributed by atoms with Crippen molar-refractivity contribution in [3.05, 3.63) is 53.7 Å². The number of rotatable bonds is 3. The lowest BCUT2D eigenvalue weighted by atomic mass is 10.1. The lowest BCUT2D eigenvalue weighted by molar-refractivity contribution is 0.0989. The highest BCUT2D eigenvalue weighted by atomic mass is 16.5. The van der Waals surface area contributed by atoms with E-state index in [0.29, 0.717) is 16.8 Å². The van der Waals surface area contributed by atoms with Gasteiger partial charge in [0, 0.05) is 13.2 Å². The van der Waals surface area contributed by atoms with E-state index in [1.54, 1.807) is 49.6 Å². The van der Waals surface area contributed by atoms with E-state index in [1.807, 2.05) is 0 Å². The molecule has 0 aliphatic rings. The average Bonchev–Trinajstić information content (AvgIpc) is 2.53. The molecule has 1 heterocycles. The predicted octanol–water partition coefficient (Wildman–Crippen LogP) is 2.24. The van der Waals surface area contributed by atoms with E-state index in [2.05, 4.69) is 11.1 Å². The topological polar surface area (TPSA) is 66.2 Å². The van der Waals surface area contributed by atoms with Gasteiger partial charge in [-0.2, -0.15) is 5.26 Å². The van der Waals surface area contributed by atoms with Crippen LogP contribution < -0.4 is 9.64 Å². The molecule has 0 N–H and O–H groups in total. The van der Waals surface area contributed by atoms with Crippen LogP contribution >= 0.6 is 0 Å². The molecule has 0 fully saturated rings. The second-order valence-electron chi connectivity index (χ2n) is 4.05. The molecule has 100 valence electrons. The maximum atomic E-state index is 12.5. The molecule has 0 bridgehead atoms. The van der Waals surface area contributed by atoms with Crippen LogP contribution in [0.15, 0.2) is 42.6 Å². The van der Waals surface area contributed by atoms with E-state index in [4.69, 9.17) is 10.00 Å². The van der Waals surface area contributed by atoms with E-state index < -0.39 is 0 Å². The zero-order valence-electron chi connectivity index (χ0n) is 11.2. The number of amides is 1. The number of nitriles is 1. The minimum atomic E-state index is -0.280. The molecular weight excluding hydrogens is 254 g/mol. The summed E-state index contributed by atoms with van der Waals surface area (Å²) in [5.74, 6) is -0.0172. The van der Waals surface area contributed by atoms with Crippen molar-refractivity contribution < 1.29 is 9.53 Å². The number of aromatic nitrogens is 1. The van der Waals surface area contributed by atoms with Crippen molar-refractivity contribution in [2.24, 2.45) is 0 Å². The van der Waals surface area contributed by atoms with E-state index in [1.165, 1.54) is 12.0 Å². The molecule has 0 radical (unpaired) electrons. The monoisotopic (exact) mass is 267 g/mol. The summed E-state index contributed by atoms with van der Waals surface area (Å²) in [6.45, 7) is 0. The highest BCUT2D eigenvalue weighted by Crippen LogP contribution is 2.23. The molecule has 0 spiro atoms. The standard InChI is InChI=1S/C15H13N3O2/c1-18(13-8-4-3-6-11(13)10-16)15(19)12-7-5-9-17-14(12)20-2/h3-9H,1-2H3. The number of carbonyl (C=O) groups excluding carboxylic acids is 1. The zero-order chi connectivity index (χ0) is 14.5. The third-order valence-corrected chi connectivity index (χ3v) is 2.89. The van der Waals surface area contributed by atoms with Crippen molar-refractivity contribution in [1.29, 1.82) is 5.26 Å². The van der Waals surface area contributed by atoms with Crippen molar-refractivity contribution in [1.82, 2.24) is 4.98 Å². The van der Waals surface area contributed by atoms with Crippen molar-refractivity contribution >= 4 is 11.6 Å². The molecule has 1 aromatic carbocycles. The van der Waals surface area contributed by atoms with Gasteiger partial charge in [-0.1, -0.05) is 12.1 Å². The number of nitrogens with zero attached hydrogens (tertiary/aromatic N) is 3. The number of benzene rings is 1. The third-order valence-electron chi connectivity index (χ3n) is 2.89. The SMILES string of the molecule is COc1ncccc1C(=O)N(C)c1ccccc1C#N. The van der Waals surface area contributed by atoms with Crippen LogP contribution in [0, 0.1) is 11.3 Å². The Labute approximate surface area is 117 Å². The van der Waals surface area contributed by atoms with Crippen LogP contribution in [-0.2, 0) is 0 Å². The van der Waals surface area contributed by atoms with Gasteiger partial charge in [0.05, 0.1) is 18.4 Å². The first-order valence-electron chi connectivity index (χ1n) is 5.95. The maximum Gasteiger partial charge on any atom is 0.263 e. The molecule has 0 atom stereocenters. The molecule has 5 nitrogen and oxygen atoms in total. The van der Waals surface area contributed by atoms with Gasteiger partial charge in [-0.3, -0.25) is 4.79 Å². The zero-order valence-corrected chi connectivity index (χ0v) is 11.2. The van der Waals surface area contributed by atoms with Gasteiger partial charge in [-0.05, 0) is 24.3 Å². The van der Waals surface area contributed by atoms with Crippen molar-refractivity contribution in [3.8, 4) is 11.9 Å². The summed E-state index contributed by atoms with van der Waals surface area (Å²) in [6, 6.07) is 12.3. The number of carbonyl (C=O) groups is 1. The van der Waals surface area contributed by atoms with E-state index in [-0.39, 0.29) is 11.8 Å². The summed E-state index contributed by atoms with van der Waals surface area (Å²) in [5.41, 5.74) is 1.34. The van der Waals surface area contributed by atoms with Crippen LogP contribution in [0.3, 0.4) is 0 Å². The highest BCUT2D eigenvalue weighted by molar-refractivity contribution is 6.07. The van der Waals surface area contributed by atoms with Gasteiger partial charge < -0.3 is 9.64 Å². The largest absolute Gasteiger partial charge is 0.480 e. The Balaban J connectivity index is 2.41. The predicted molar refractivity (Wildman–Crippen MR) is 74.7 cm³/mol. The number of hydrogen-bond acceptors (Lipinski definition) is 4. The molecule has 0 saturated heterocycles. The molecule has 0 aliphatic heterocycles. The Bertz CT molecular complexity index is 677. The first-order chi connectivity index (χ1) is 9.69. The molecule has 0 saturated carbocycles. The Morgan fingerprint density at radius 2 is 2.05 bits per heavy atom. The van der Waals surface area contributed by atoms with Crippen LogP contribution in [0.5, 0.6) is 5.88 Å². The molecule has 0 aliphatic carbocycles. The lowest BCUT2D eigenvalue weighted by Gasteiger charge is -2.19. The molecule has 1 aromatic heterocycles. The lowest BCUT2D eigenvalue weighted by Crippen LogP contribution is -2.27. The maximum absolute atomic E-state index is 12.5. The second kappa shape index (κ2) is 5.85. The fourth-order valence-electron chi connectivity index (χ4n) is 1.87. The first kappa shape index (κ1) is 13.6. The summed E-state index contributed by atoms with van der Waals surface area (Å²) in [4.78, 5) is 17.9. The van der Waals surface area contributed by atoms with Crippen molar-refractivity contribution in [3.63, 3.8) is 0 Å².